The molecule has 0 aromatic carbocycles. The van der Waals surface area contributed by atoms with Crippen molar-refractivity contribution in [1.82, 2.24) is 5.32 Å². The smallest absolute Gasteiger partial charge is 0.226 e. The van der Waals surface area contributed by atoms with Crippen LogP contribution in [0.2, 0.25) is 0 Å². The zero-order valence-electron chi connectivity index (χ0n) is 9.88. The Morgan fingerprint density at radius 1 is 1.40 bits per heavy atom. The molecule has 0 saturated heterocycles. The Labute approximate surface area is 92.3 Å². The van der Waals surface area contributed by atoms with Gasteiger partial charge in [-0.05, 0) is 19.3 Å². The van der Waals surface area contributed by atoms with E-state index in [1.807, 2.05) is 13.8 Å². The highest BCUT2D eigenvalue weighted by atomic mass is 16.3. The molecule has 0 bridgehead atoms. The van der Waals surface area contributed by atoms with Crippen LogP contribution < -0.4 is 5.32 Å². The van der Waals surface area contributed by atoms with Crippen LogP contribution in [0.15, 0.2) is 0 Å². The van der Waals surface area contributed by atoms with Gasteiger partial charge < -0.3 is 10.4 Å². The number of aliphatic hydroxyl groups is 1. The van der Waals surface area contributed by atoms with Crippen molar-refractivity contribution in [2.24, 2.45) is 5.41 Å². The van der Waals surface area contributed by atoms with Crippen LogP contribution in [-0.2, 0) is 4.79 Å². The maximum Gasteiger partial charge on any atom is 0.226 e. The number of carbonyl (C=O) groups is 1. The third-order valence-corrected chi connectivity index (χ3v) is 3.55. The standard InChI is InChI=1S/C12H23NO2/c1-3-10(9-14)13-11(15)12(2)7-5-4-6-8-12/h10,14H,3-9H2,1-2H3,(H,13,15)/t10-/m1/s1. The van der Waals surface area contributed by atoms with E-state index in [0.717, 1.165) is 32.1 Å². The SMILES string of the molecule is CC[C@H](CO)NC(=O)C1(C)CCCCC1. The van der Waals surface area contributed by atoms with Crippen LogP contribution in [0.25, 0.3) is 0 Å². The predicted octanol–water partition coefficient (Wildman–Crippen LogP) is 1.84. The Balaban J connectivity index is 2.50. The van der Waals surface area contributed by atoms with Crippen LogP contribution in [0.5, 0.6) is 0 Å². The van der Waals surface area contributed by atoms with E-state index < -0.39 is 0 Å². The first kappa shape index (κ1) is 12.5. The molecule has 0 aromatic heterocycles. The fourth-order valence-electron chi connectivity index (χ4n) is 2.20. The van der Waals surface area contributed by atoms with Gasteiger partial charge in [0.15, 0.2) is 0 Å². The maximum atomic E-state index is 12.0. The largest absolute Gasteiger partial charge is 0.394 e. The summed E-state index contributed by atoms with van der Waals surface area (Å²) in [6.07, 6.45) is 6.32. The second kappa shape index (κ2) is 5.50. The molecular formula is C12H23NO2. The minimum absolute atomic E-state index is 0.0400. The Hall–Kier alpha value is -0.570. The van der Waals surface area contributed by atoms with Gasteiger partial charge in [0.25, 0.3) is 0 Å². The molecule has 3 heteroatoms. The van der Waals surface area contributed by atoms with Crippen LogP contribution in [0.1, 0.15) is 52.4 Å². The Morgan fingerprint density at radius 3 is 2.47 bits per heavy atom. The second-order valence-electron chi connectivity index (χ2n) is 4.88. The lowest BCUT2D eigenvalue weighted by molar-refractivity contribution is -0.133. The average molecular weight is 213 g/mol. The van der Waals surface area contributed by atoms with Crippen molar-refractivity contribution < 1.29 is 9.90 Å². The quantitative estimate of drug-likeness (QED) is 0.748. The molecule has 0 radical (unpaired) electrons. The van der Waals surface area contributed by atoms with Gasteiger partial charge in [-0.1, -0.05) is 33.1 Å². The molecule has 3 nitrogen and oxygen atoms in total. The van der Waals surface area contributed by atoms with Gasteiger partial charge in [0.05, 0.1) is 12.6 Å². The van der Waals surface area contributed by atoms with Crippen molar-refractivity contribution in [2.45, 2.75) is 58.4 Å². The molecule has 0 unspecified atom stereocenters. The average Bonchev–Trinajstić information content (AvgIpc) is 2.26. The Bertz CT molecular complexity index is 206. The molecule has 0 heterocycles. The highest BCUT2D eigenvalue weighted by Gasteiger charge is 2.34. The summed E-state index contributed by atoms with van der Waals surface area (Å²) in [4.78, 5) is 12.0. The molecule has 0 spiro atoms. The fraction of sp³-hybridized carbons (Fsp3) is 0.917. The third kappa shape index (κ3) is 3.20. The monoisotopic (exact) mass is 213 g/mol. The molecule has 1 atom stereocenters. The number of hydrogen-bond acceptors (Lipinski definition) is 2. The summed E-state index contributed by atoms with van der Waals surface area (Å²) in [6, 6.07) is -0.0729. The van der Waals surface area contributed by atoms with Crippen molar-refractivity contribution in [3.05, 3.63) is 0 Å². The van der Waals surface area contributed by atoms with Gasteiger partial charge in [-0.3, -0.25) is 4.79 Å². The highest BCUT2D eigenvalue weighted by Crippen LogP contribution is 2.35. The first-order chi connectivity index (χ1) is 7.12. The minimum Gasteiger partial charge on any atom is -0.394 e. The van der Waals surface area contributed by atoms with Crippen molar-refractivity contribution in [3.63, 3.8) is 0 Å². The van der Waals surface area contributed by atoms with Crippen LogP contribution in [0.3, 0.4) is 0 Å². The topological polar surface area (TPSA) is 49.3 Å². The molecule has 1 saturated carbocycles. The van der Waals surface area contributed by atoms with E-state index in [9.17, 15) is 4.79 Å². The van der Waals surface area contributed by atoms with Crippen molar-refractivity contribution in [1.29, 1.82) is 0 Å². The van der Waals surface area contributed by atoms with Gasteiger partial charge in [-0.15, -0.1) is 0 Å². The van der Waals surface area contributed by atoms with Gasteiger partial charge in [0.1, 0.15) is 0 Å². The first-order valence-corrected chi connectivity index (χ1v) is 6.04. The van der Waals surface area contributed by atoms with E-state index >= 15 is 0 Å². The summed E-state index contributed by atoms with van der Waals surface area (Å²) >= 11 is 0. The molecule has 1 aliphatic rings. The van der Waals surface area contributed by atoms with Crippen molar-refractivity contribution in [3.8, 4) is 0 Å². The molecule has 1 aliphatic carbocycles. The highest BCUT2D eigenvalue weighted by molar-refractivity contribution is 5.82. The molecule has 1 amide bonds. The van der Waals surface area contributed by atoms with E-state index in [1.165, 1.54) is 6.42 Å². The summed E-state index contributed by atoms with van der Waals surface area (Å²) < 4.78 is 0. The predicted molar refractivity (Wildman–Crippen MR) is 60.5 cm³/mol. The molecule has 1 rings (SSSR count). The summed E-state index contributed by atoms with van der Waals surface area (Å²) in [6.45, 7) is 4.06. The van der Waals surface area contributed by atoms with E-state index in [-0.39, 0.29) is 24.0 Å². The number of aliphatic hydroxyl groups excluding tert-OH is 1. The third-order valence-electron chi connectivity index (χ3n) is 3.55. The van der Waals surface area contributed by atoms with Crippen molar-refractivity contribution >= 4 is 5.91 Å². The summed E-state index contributed by atoms with van der Waals surface area (Å²) in [5, 5.41) is 12.0. The number of amides is 1. The molecule has 0 aromatic rings. The van der Waals surface area contributed by atoms with E-state index in [1.54, 1.807) is 0 Å². The Kier molecular flexibility index (Phi) is 4.58. The summed E-state index contributed by atoms with van der Waals surface area (Å²) in [7, 11) is 0. The number of rotatable bonds is 4. The number of carbonyl (C=O) groups excluding carboxylic acids is 1. The van der Waals surface area contributed by atoms with Crippen LogP contribution in [0.4, 0.5) is 0 Å². The molecular weight excluding hydrogens is 190 g/mol. The van der Waals surface area contributed by atoms with Gasteiger partial charge in [-0.25, -0.2) is 0 Å². The maximum absolute atomic E-state index is 12.0. The number of hydrogen-bond donors (Lipinski definition) is 2. The lowest BCUT2D eigenvalue weighted by Gasteiger charge is -2.33. The fourth-order valence-corrected chi connectivity index (χ4v) is 2.20. The molecule has 88 valence electrons. The van der Waals surface area contributed by atoms with E-state index in [2.05, 4.69) is 5.32 Å². The van der Waals surface area contributed by atoms with Crippen LogP contribution >= 0.6 is 0 Å². The summed E-state index contributed by atoms with van der Waals surface area (Å²) in [5.41, 5.74) is -0.194. The zero-order chi connectivity index (χ0) is 11.3. The Morgan fingerprint density at radius 2 is 2.00 bits per heavy atom. The van der Waals surface area contributed by atoms with Crippen LogP contribution in [-0.4, -0.2) is 23.7 Å². The van der Waals surface area contributed by atoms with Crippen molar-refractivity contribution in [2.75, 3.05) is 6.61 Å². The van der Waals surface area contributed by atoms with E-state index in [0.29, 0.717) is 0 Å². The van der Waals surface area contributed by atoms with Gasteiger partial charge in [-0.2, -0.15) is 0 Å². The summed E-state index contributed by atoms with van der Waals surface area (Å²) in [5.74, 6) is 0.128. The van der Waals surface area contributed by atoms with Crippen LogP contribution in [0, 0.1) is 5.41 Å². The molecule has 0 aliphatic heterocycles. The lowest BCUT2D eigenvalue weighted by Crippen LogP contribution is -2.46. The van der Waals surface area contributed by atoms with Gasteiger partial charge in [0.2, 0.25) is 5.91 Å². The van der Waals surface area contributed by atoms with Gasteiger partial charge in [0, 0.05) is 5.41 Å². The number of nitrogens with one attached hydrogen (secondary N) is 1. The molecule has 1 fully saturated rings. The van der Waals surface area contributed by atoms with E-state index in [4.69, 9.17) is 5.11 Å². The normalized spacial score (nSPS) is 22.1. The lowest BCUT2D eigenvalue weighted by atomic mass is 9.75. The first-order valence-electron chi connectivity index (χ1n) is 6.04. The second-order valence-corrected chi connectivity index (χ2v) is 4.88. The zero-order valence-corrected chi connectivity index (χ0v) is 9.88. The van der Waals surface area contributed by atoms with Gasteiger partial charge >= 0.3 is 0 Å². The molecule has 15 heavy (non-hydrogen) atoms. The molecule has 2 N–H and O–H groups in total. The minimum atomic E-state index is -0.194.